The molecular formula is C27H22ClNO7. The molecule has 8 nitrogen and oxygen atoms in total. The van der Waals surface area contributed by atoms with E-state index < -0.39 is 17.7 Å². The molecule has 36 heavy (non-hydrogen) atoms. The number of rotatable bonds is 5. The van der Waals surface area contributed by atoms with Gasteiger partial charge in [0.15, 0.2) is 23.0 Å². The topological polar surface area (TPSA) is 106 Å². The largest absolute Gasteiger partial charge is 0.507 e. The van der Waals surface area contributed by atoms with E-state index in [-0.39, 0.29) is 35.2 Å². The minimum atomic E-state index is -1.02. The molecule has 184 valence electrons. The van der Waals surface area contributed by atoms with Crippen molar-refractivity contribution in [2.45, 2.75) is 19.9 Å². The van der Waals surface area contributed by atoms with Gasteiger partial charge in [-0.3, -0.25) is 14.5 Å². The Balaban J connectivity index is 1.74. The van der Waals surface area contributed by atoms with E-state index in [0.717, 1.165) is 0 Å². The lowest BCUT2D eigenvalue weighted by atomic mass is 9.94. The summed E-state index contributed by atoms with van der Waals surface area (Å²) in [5.41, 5.74) is 1.64. The number of carbonyl (C=O) groups is 2. The molecule has 2 N–H and O–H groups in total. The summed E-state index contributed by atoms with van der Waals surface area (Å²) in [5.74, 6) is -1.03. The zero-order valence-electron chi connectivity index (χ0n) is 19.4. The van der Waals surface area contributed by atoms with Crippen molar-refractivity contribution in [2.75, 3.05) is 18.3 Å². The van der Waals surface area contributed by atoms with Gasteiger partial charge in [0.2, 0.25) is 6.79 Å². The van der Waals surface area contributed by atoms with Crippen molar-refractivity contribution in [2.24, 2.45) is 0 Å². The number of aliphatic hydroxyl groups excluding tert-OH is 1. The van der Waals surface area contributed by atoms with Gasteiger partial charge in [0.1, 0.15) is 5.76 Å². The predicted molar refractivity (Wildman–Crippen MR) is 133 cm³/mol. The normalized spacial score (nSPS) is 18.1. The van der Waals surface area contributed by atoms with Crippen LogP contribution in [-0.4, -0.2) is 35.3 Å². The Bertz CT molecular complexity index is 1430. The standard InChI is InChI=1S/C27H22ClNO7/c1-3-34-21-11-15(7-9-19(21)30)24-23(25(31)16-8-10-20-22(12-16)36-13-35-20)26(32)27(33)29(24)18-6-4-5-17(28)14(18)2/h4-12,24,30-31H,3,13H2,1-2H3/b25-23+. The number of aliphatic hydroxyl groups is 1. The summed E-state index contributed by atoms with van der Waals surface area (Å²) in [6.45, 7) is 3.86. The van der Waals surface area contributed by atoms with Crippen molar-refractivity contribution >= 4 is 34.7 Å². The number of anilines is 1. The van der Waals surface area contributed by atoms with Crippen LogP contribution in [0.2, 0.25) is 5.02 Å². The van der Waals surface area contributed by atoms with Gasteiger partial charge >= 0.3 is 0 Å². The van der Waals surface area contributed by atoms with Crippen LogP contribution in [-0.2, 0) is 9.59 Å². The summed E-state index contributed by atoms with van der Waals surface area (Å²) >= 11 is 6.34. The Kier molecular flexibility index (Phi) is 5.97. The van der Waals surface area contributed by atoms with Crippen LogP contribution >= 0.6 is 11.6 Å². The highest BCUT2D eigenvalue weighted by atomic mass is 35.5. The molecule has 0 spiro atoms. The highest BCUT2D eigenvalue weighted by Gasteiger charge is 2.47. The number of nitrogens with zero attached hydrogens (tertiary/aromatic N) is 1. The summed E-state index contributed by atoms with van der Waals surface area (Å²) < 4.78 is 16.3. The molecule has 2 aliphatic rings. The first-order valence-electron chi connectivity index (χ1n) is 11.2. The van der Waals surface area contributed by atoms with Gasteiger partial charge in [0.25, 0.3) is 11.7 Å². The van der Waals surface area contributed by atoms with Crippen LogP contribution in [0.15, 0.2) is 60.2 Å². The lowest BCUT2D eigenvalue weighted by Crippen LogP contribution is -2.30. The van der Waals surface area contributed by atoms with Crippen LogP contribution < -0.4 is 19.1 Å². The number of ketones is 1. The molecule has 0 saturated carbocycles. The third kappa shape index (κ3) is 3.79. The number of ether oxygens (including phenoxy) is 3. The Morgan fingerprint density at radius 2 is 1.89 bits per heavy atom. The van der Waals surface area contributed by atoms with Crippen molar-refractivity contribution in [3.05, 3.63) is 81.9 Å². The Morgan fingerprint density at radius 1 is 1.11 bits per heavy atom. The molecule has 3 aromatic rings. The molecule has 0 aromatic heterocycles. The molecule has 2 aliphatic heterocycles. The number of benzene rings is 3. The number of phenols is 1. The highest BCUT2D eigenvalue weighted by molar-refractivity contribution is 6.52. The van der Waals surface area contributed by atoms with Crippen LogP contribution in [0.4, 0.5) is 5.69 Å². The van der Waals surface area contributed by atoms with Crippen molar-refractivity contribution in [3.8, 4) is 23.0 Å². The van der Waals surface area contributed by atoms with E-state index in [1.807, 2.05) is 0 Å². The summed E-state index contributed by atoms with van der Waals surface area (Å²) in [4.78, 5) is 28.2. The molecule has 1 amide bonds. The van der Waals surface area contributed by atoms with E-state index in [1.165, 1.54) is 11.0 Å². The Hall–Kier alpha value is -4.17. The van der Waals surface area contributed by atoms with Gasteiger partial charge in [-0.1, -0.05) is 23.7 Å². The van der Waals surface area contributed by atoms with Crippen LogP contribution in [0.25, 0.3) is 5.76 Å². The number of aromatic hydroxyl groups is 1. The molecule has 1 fully saturated rings. The maximum Gasteiger partial charge on any atom is 0.300 e. The van der Waals surface area contributed by atoms with Crippen LogP contribution in [0.1, 0.15) is 29.7 Å². The van der Waals surface area contributed by atoms with E-state index in [9.17, 15) is 19.8 Å². The maximum atomic E-state index is 13.4. The Labute approximate surface area is 211 Å². The van der Waals surface area contributed by atoms with Crippen molar-refractivity contribution < 1.29 is 34.0 Å². The van der Waals surface area contributed by atoms with E-state index in [2.05, 4.69) is 0 Å². The summed E-state index contributed by atoms with van der Waals surface area (Å²) in [7, 11) is 0. The second-order valence-electron chi connectivity index (χ2n) is 8.28. The fourth-order valence-electron chi connectivity index (χ4n) is 4.42. The molecule has 1 unspecified atom stereocenters. The van der Waals surface area contributed by atoms with Crippen molar-refractivity contribution in [1.29, 1.82) is 0 Å². The SMILES string of the molecule is CCOc1cc(C2/C(=C(\O)c3ccc4c(c3)OCO4)C(=O)C(=O)N2c2cccc(Cl)c2C)ccc1O. The lowest BCUT2D eigenvalue weighted by molar-refractivity contribution is -0.132. The average Bonchev–Trinajstić information content (AvgIpc) is 3.44. The minimum Gasteiger partial charge on any atom is -0.507 e. The number of Topliss-reactive ketones (excluding diaryl/α,β-unsaturated/α-hetero) is 1. The average molecular weight is 508 g/mol. The molecular weight excluding hydrogens is 486 g/mol. The van der Waals surface area contributed by atoms with E-state index in [4.69, 9.17) is 25.8 Å². The zero-order valence-corrected chi connectivity index (χ0v) is 20.2. The maximum absolute atomic E-state index is 13.4. The number of amides is 1. The van der Waals surface area contributed by atoms with Crippen molar-refractivity contribution in [1.82, 2.24) is 0 Å². The number of phenolic OH excluding ortho intramolecular Hbond substituents is 1. The fraction of sp³-hybridized carbons (Fsp3) is 0.185. The molecule has 3 aromatic carbocycles. The smallest absolute Gasteiger partial charge is 0.300 e. The van der Waals surface area contributed by atoms with Gasteiger partial charge in [-0.2, -0.15) is 0 Å². The molecule has 1 atom stereocenters. The molecule has 0 radical (unpaired) electrons. The van der Waals surface area contributed by atoms with Gasteiger partial charge in [-0.15, -0.1) is 0 Å². The van der Waals surface area contributed by atoms with E-state index in [1.54, 1.807) is 62.4 Å². The third-order valence-electron chi connectivity index (χ3n) is 6.19. The number of carbonyl (C=O) groups excluding carboxylic acids is 2. The molecule has 1 saturated heterocycles. The summed E-state index contributed by atoms with van der Waals surface area (Å²) in [6, 6.07) is 13.3. The molecule has 5 rings (SSSR count). The van der Waals surface area contributed by atoms with Gasteiger partial charge < -0.3 is 24.4 Å². The third-order valence-corrected chi connectivity index (χ3v) is 6.60. The molecule has 2 heterocycles. The number of hydrogen-bond donors (Lipinski definition) is 2. The second-order valence-corrected chi connectivity index (χ2v) is 8.69. The van der Waals surface area contributed by atoms with Crippen molar-refractivity contribution in [3.63, 3.8) is 0 Å². The van der Waals surface area contributed by atoms with Gasteiger partial charge in [0, 0.05) is 16.3 Å². The molecule has 9 heteroatoms. The molecule has 0 bridgehead atoms. The fourth-order valence-corrected chi connectivity index (χ4v) is 4.59. The minimum absolute atomic E-state index is 0.0473. The monoisotopic (exact) mass is 507 g/mol. The van der Waals surface area contributed by atoms with E-state index >= 15 is 0 Å². The van der Waals surface area contributed by atoms with Gasteiger partial charge in [-0.05, 0) is 67.4 Å². The predicted octanol–water partition coefficient (Wildman–Crippen LogP) is 5.11. The zero-order chi connectivity index (χ0) is 25.6. The number of fused-ring (bicyclic) bond motifs is 1. The first-order valence-corrected chi connectivity index (χ1v) is 11.6. The van der Waals surface area contributed by atoms with Crippen LogP contribution in [0, 0.1) is 6.92 Å². The summed E-state index contributed by atoms with van der Waals surface area (Å²) in [6.07, 6.45) is 0. The highest BCUT2D eigenvalue weighted by Crippen LogP contribution is 2.46. The molecule has 0 aliphatic carbocycles. The van der Waals surface area contributed by atoms with Gasteiger partial charge in [-0.25, -0.2) is 0 Å². The lowest BCUT2D eigenvalue weighted by Gasteiger charge is -2.27. The van der Waals surface area contributed by atoms with Crippen LogP contribution in [0.5, 0.6) is 23.0 Å². The second kappa shape index (κ2) is 9.13. The van der Waals surface area contributed by atoms with E-state index in [0.29, 0.717) is 39.9 Å². The quantitative estimate of drug-likeness (QED) is 0.281. The number of halogens is 1. The first kappa shape index (κ1) is 23.6. The summed E-state index contributed by atoms with van der Waals surface area (Å²) in [5, 5.41) is 22.0. The van der Waals surface area contributed by atoms with Gasteiger partial charge in [0.05, 0.1) is 18.2 Å². The first-order chi connectivity index (χ1) is 17.3. The number of hydrogen-bond acceptors (Lipinski definition) is 7. The van der Waals surface area contributed by atoms with Crippen LogP contribution in [0.3, 0.4) is 0 Å². The Morgan fingerprint density at radius 3 is 2.67 bits per heavy atom.